The first-order valence-electron chi connectivity index (χ1n) is 6.18. The van der Waals surface area contributed by atoms with Gasteiger partial charge in [-0.15, -0.1) is 6.58 Å². The zero-order valence-electron chi connectivity index (χ0n) is 11.0. The van der Waals surface area contributed by atoms with Crippen LogP contribution in [0.2, 0.25) is 19.6 Å². The Morgan fingerprint density at radius 3 is 2.65 bits per heavy atom. The molecule has 0 saturated carbocycles. The van der Waals surface area contributed by atoms with Gasteiger partial charge >= 0.3 is 0 Å². The Hall–Kier alpha value is -1.09. The second-order valence-electron chi connectivity index (χ2n) is 6.03. The van der Waals surface area contributed by atoms with Gasteiger partial charge in [0.25, 0.3) is 0 Å². The van der Waals surface area contributed by atoms with Gasteiger partial charge in [-0.1, -0.05) is 43.6 Å². The maximum atomic E-state index is 12.0. The van der Waals surface area contributed by atoms with Crippen molar-refractivity contribution in [1.29, 1.82) is 0 Å². The molecule has 1 amide bonds. The molecule has 0 radical (unpaired) electrons. The second-order valence-corrected chi connectivity index (χ2v) is 11.1. The molecule has 2 aliphatic heterocycles. The molecule has 17 heavy (non-hydrogen) atoms. The van der Waals surface area contributed by atoms with Gasteiger partial charge in [-0.2, -0.15) is 0 Å². The Kier molecular flexibility index (Phi) is 2.90. The fourth-order valence-corrected chi connectivity index (χ4v) is 3.69. The molecule has 0 unspecified atom stereocenters. The predicted octanol–water partition coefficient (Wildman–Crippen LogP) is 2.76. The lowest BCUT2D eigenvalue weighted by Crippen LogP contribution is -2.31. The van der Waals surface area contributed by atoms with Crippen molar-refractivity contribution in [1.82, 2.24) is 4.90 Å². The van der Waals surface area contributed by atoms with Crippen molar-refractivity contribution in [3.05, 3.63) is 36.1 Å². The lowest BCUT2D eigenvalue weighted by atomic mass is 10.0. The second kappa shape index (κ2) is 3.98. The van der Waals surface area contributed by atoms with Gasteiger partial charge in [0.1, 0.15) is 0 Å². The molecule has 0 spiro atoms. The first kappa shape index (κ1) is 12.4. The monoisotopic (exact) mass is 247 g/mol. The highest BCUT2D eigenvalue weighted by Crippen LogP contribution is 2.35. The van der Waals surface area contributed by atoms with Crippen molar-refractivity contribution in [3.8, 4) is 0 Å². The van der Waals surface area contributed by atoms with Crippen LogP contribution in [0.5, 0.6) is 0 Å². The van der Waals surface area contributed by atoms with E-state index in [2.05, 4.69) is 38.9 Å². The van der Waals surface area contributed by atoms with Crippen LogP contribution in [0.15, 0.2) is 36.1 Å². The first-order chi connectivity index (χ1) is 7.84. The summed E-state index contributed by atoms with van der Waals surface area (Å²) < 4.78 is 0. The van der Waals surface area contributed by atoms with Crippen LogP contribution in [-0.4, -0.2) is 31.5 Å². The summed E-state index contributed by atoms with van der Waals surface area (Å²) in [5, 5.41) is 1.29. The molecule has 2 nitrogen and oxygen atoms in total. The maximum Gasteiger partial charge on any atom is 0.230 e. The summed E-state index contributed by atoms with van der Waals surface area (Å²) in [5.41, 5.74) is 1.30. The number of carbonyl (C=O) groups excluding carboxylic acids is 1. The molecule has 0 aliphatic carbocycles. The molecular weight excluding hydrogens is 226 g/mol. The van der Waals surface area contributed by atoms with Crippen LogP contribution in [0.4, 0.5) is 0 Å². The Labute approximate surface area is 105 Å². The van der Waals surface area contributed by atoms with E-state index in [0.29, 0.717) is 0 Å². The molecule has 2 atom stereocenters. The molecule has 0 aromatic carbocycles. The van der Waals surface area contributed by atoms with E-state index in [-0.39, 0.29) is 17.9 Å². The van der Waals surface area contributed by atoms with E-state index in [1.807, 2.05) is 4.90 Å². The standard InChI is InChI=1S/C14H21NOSi/c1-6-11-7-13-8-12(9-15(13)14(11)16)10(2)17(3,4)5/h6,8,11,13H,1-2,7,9H2,3-5H3/t11-,13-/m0/s1. The Bertz CT molecular complexity index is 416. The van der Waals surface area contributed by atoms with Gasteiger partial charge in [0.15, 0.2) is 0 Å². The molecule has 3 heteroatoms. The molecule has 0 N–H and O–H groups in total. The minimum Gasteiger partial charge on any atom is -0.331 e. The molecule has 0 aromatic heterocycles. The molecule has 92 valence electrons. The Morgan fingerprint density at radius 1 is 1.53 bits per heavy atom. The molecule has 1 saturated heterocycles. The summed E-state index contributed by atoms with van der Waals surface area (Å²) in [6, 6.07) is 0.286. The van der Waals surface area contributed by atoms with Crippen molar-refractivity contribution in [2.45, 2.75) is 32.1 Å². The van der Waals surface area contributed by atoms with E-state index >= 15 is 0 Å². The zero-order chi connectivity index (χ0) is 12.8. The normalized spacial score (nSPS) is 28.1. The highest BCUT2D eigenvalue weighted by molar-refractivity contribution is 6.83. The van der Waals surface area contributed by atoms with Gasteiger partial charge in [0.05, 0.1) is 20.0 Å². The van der Waals surface area contributed by atoms with Crippen molar-refractivity contribution in [3.63, 3.8) is 0 Å². The Balaban J connectivity index is 2.17. The number of carbonyl (C=O) groups is 1. The van der Waals surface area contributed by atoms with Gasteiger partial charge in [0.2, 0.25) is 5.91 Å². The summed E-state index contributed by atoms with van der Waals surface area (Å²) in [5.74, 6) is 0.262. The van der Waals surface area contributed by atoms with E-state index in [9.17, 15) is 4.79 Å². The van der Waals surface area contributed by atoms with Crippen LogP contribution < -0.4 is 0 Å². The van der Waals surface area contributed by atoms with Crippen LogP contribution in [0.25, 0.3) is 0 Å². The average molecular weight is 247 g/mol. The topological polar surface area (TPSA) is 20.3 Å². The minimum atomic E-state index is -1.34. The molecule has 0 aromatic rings. The third kappa shape index (κ3) is 2.04. The number of rotatable bonds is 3. The molecule has 0 bridgehead atoms. The highest BCUT2D eigenvalue weighted by Gasteiger charge is 2.41. The third-order valence-electron chi connectivity index (χ3n) is 3.81. The van der Waals surface area contributed by atoms with Crippen molar-refractivity contribution in [2.75, 3.05) is 6.54 Å². The van der Waals surface area contributed by atoms with Crippen LogP contribution in [0, 0.1) is 5.92 Å². The van der Waals surface area contributed by atoms with E-state index < -0.39 is 8.07 Å². The lowest BCUT2D eigenvalue weighted by Gasteiger charge is -2.22. The fraction of sp³-hybridized carbons (Fsp3) is 0.500. The third-order valence-corrected chi connectivity index (χ3v) is 5.94. The summed E-state index contributed by atoms with van der Waals surface area (Å²) in [6.45, 7) is 15.6. The van der Waals surface area contributed by atoms with Crippen molar-refractivity contribution >= 4 is 14.0 Å². The zero-order valence-corrected chi connectivity index (χ0v) is 12.0. The Morgan fingerprint density at radius 2 is 2.18 bits per heavy atom. The smallest absolute Gasteiger partial charge is 0.230 e. The predicted molar refractivity (Wildman–Crippen MR) is 74.4 cm³/mol. The van der Waals surface area contributed by atoms with Crippen LogP contribution in [-0.2, 0) is 4.79 Å². The summed E-state index contributed by atoms with van der Waals surface area (Å²) in [6.07, 6.45) is 4.92. The number of hydrogen-bond donors (Lipinski definition) is 0. The van der Waals surface area contributed by atoms with Gasteiger partial charge in [-0.05, 0) is 12.0 Å². The van der Waals surface area contributed by atoms with Crippen molar-refractivity contribution < 1.29 is 4.79 Å². The van der Waals surface area contributed by atoms with E-state index in [0.717, 1.165) is 13.0 Å². The molecule has 2 aliphatic rings. The van der Waals surface area contributed by atoms with Crippen LogP contribution in [0.3, 0.4) is 0 Å². The van der Waals surface area contributed by atoms with Gasteiger partial charge in [0, 0.05) is 6.54 Å². The average Bonchev–Trinajstić information content (AvgIpc) is 2.76. The highest BCUT2D eigenvalue weighted by atomic mass is 28.3. The largest absolute Gasteiger partial charge is 0.331 e. The first-order valence-corrected chi connectivity index (χ1v) is 9.68. The number of fused-ring (bicyclic) bond motifs is 1. The fourth-order valence-electron chi connectivity index (χ4n) is 2.56. The lowest BCUT2D eigenvalue weighted by molar-refractivity contribution is -0.129. The summed E-state index contributed by atoms with van der Waals surface area (Å²) in [4.78, 5) is 14.0. The number of nitrogens with zero attached hydrogens (tertiary/aromatic N) is 1. The summed E-state index contributed by atoms with van der Waals surface area (Å²) >= 11 is 0. The van der Waals surface area contributed by atoms with E-state index in [4.69, 9.17) is 0 Å². The van der Waals surface area contributed by atoms with Crippen LogP contribution in [0.1, 0.15) is 6.42 Å². The van der Waals surface area contributed by atoms with E-state index in [1.54, 1.807) is 6.08 Å². The van der Waals surface area contributed by atoms with E-state index in [1.165, 1.54) is 10.8 Å². The summed E-state index contributed by atoms with van der Waals surface area (Å²) in [7, 11) is -1.34. The van der Waals surface area contributed by atoms with Gasteiger partial charge in [-0.25, -0.2) is 0 Å². The minimum absolute atomic E-state index is 0.0259. The van der Waals surface area contributed by atoms with Crippen molar-refractivity contribution in [2.24, 2.45) is 5.92 Å². The van der Waals surface area contributed by atoms with Gasteiger partial charge < -0.3 is 4.90 Å². The number of amides is 1. The quantitative estimate of drug-likeness (QED) is 0.555. The molecular formula is C14H21NOSi. The molecule has 2 rings (SSSR count). The van der Waals surface area contributed by atoms with Gasteiger partial charge in [-0.3, -0.25) is 4.79 Å². The number of hydrogen-bond acceptors (Lipinski definition) is 1. The van der Waals surface area contributed by atoms with Crippen LogP contribution >= 0.6 is 0 Å². The SMILES string of the molecule is C=C[C@H]1C[C@H]2C=C(C(=C)[Si](C)(C)C)CN2C1=O. The maximum absolute atomic E-state index is 12.0. The molecule has 2 heterocycles. The molecule has 1 fully saturated rings.